The molecule has 5 nitrogen and oxygen atoms in total. The first-order valence-electron chi connectivity index (χ1n) is 5.65. The van der Waals surface area contributed by atoms with E-state index >= 15 is 0 Å². The highest BCUT2D eigenvalue weighted by Gasteiger charge is 2.04. The Hall–Kier alpha value is -1.82. The first-order chi connectivity index (χ1) is 8.67. The zero-order valence-corrected chi connectivity index (χ0v) is 11.3. The van der Waals surface area contributed by atoms with Crippen LogP contribution in [0.3, 0.4) is 0 Å². The number of rotatable bonds is 6. The van der Waals surface area contributed by atoms with Gasteiger partial charge in [0, 0.05) is 0 Å². The summed E-state index contributed by atoms with van der Waals surface area (Å²) in [5.74, 6) is 1.41. The molecule has 0 saturated heterocycles. The van der Waals surface area contributed by atoms with Crippen LogP contribution >= 0.6 is 12.2 Å². The van der Waals surface area contributed by atoms with Gasteiger partial charge in [-0.15, -0.1) is 0 Å². The summed E-state index contributed by atoms with van der Waals surface area (Å²) in [7, 11) is 0. The molecule has 0 unspecified atom stereocenters. The molecular weight excluding hydrogens is 250 g/mol. The van der Waals surface area contributed by atoms with Crippen molar-refractivity contribution in [1.29, 1.82) is 0 Å². The van der Waals surface area contributed by atoms with Crippen LogP contribution in [-0.2, 0) is 0 Å². The number of hydrogen-bond donors (Lipinski definition) is 2. The summed E-state index contributed by atoms with van der Waals surface area (Å²) in [5.41, 5.74) is 8.62. The van der Waals surface area contributed by atoms with Gasteiger partial charge in [-0.2, -0.15) is 5.10 Å². The van der Waals surface area contributed by atoms with E-state index in [0.29, 0.717) is 19.0 Å². The Bertz CT molecular complexity index is 435. The minimum Gasteiger partial charge on any atom is -0.490 e. The van der Waals surface area contributed by atoms with Crippen molar-refractivity contribution in [2.24, 2.45) is 10.8 Å². The lowest BCUT2D eigenvalue weighted by Gasteiger charge is -2.11. The Balaban J connectivity index is 2.84. The van der Waals surface area contributed by atoms with E-state index in [1.54, 1.807) is 6.21 Å². The lowest BCUT2D eigenvalue weighted by molar-refractivity contribution is 0.288. The normalized spacial score (nSPS) is 10.3. The van der Waals surface area contributed by atoms with Gasteiger partial charge in [-0.1, -0.05) is 0 Å². The molecule has 0 aliphatic carbocycles. The summed E-state index contributed by atoms with van der Waals surface area (Å²) in [6, 6.07) is 5.56. The molecule has 0 bridgehead atoms. The molecule has 0 aromatic heterocycles. The van der Waals surface area contributed by atoms with E-state index < -0.39 is 0 Å². The van der Waals surface area contributed by atoms with E-state index in [1.165, 1.54) is 0 Å². The molecular formula is C12H17N3O2S. The molecule has 0 radical (unpaired) electrons. The first kappa shape index (κ1) is 14.2. The second-order valence-electron chi connectivity index (χ2n) is 3.31. The lowest BCUT2D eigenvalue weighted by Crippen LogP contribution is -2.23. The summed E-state index contributed by atoms with van der Waals surface area (Å²) in [4.78, 5) is 0. The van der Waals surface area contributed by atoms with E-state index in [9.17, 15) is 0 Å². The molecule has 0 atom stereocenters. The molecule has 1 rings (SSSR count). The minimum atomic E-state index is 0.127. The van der Waals surface area contributed by atoms with Crippen molar-refractivity contribution in [2.45, 2.75) is 13.8 Å². The predicted molar refractivity (Wildman–Crippen MR) is 76.3 cm³/mol. The fraction of sp³-hybridized carbons (Fsp3) is 0.333. The van der Waals surface area contributed by atoms with Crippen molar-refractivity contribution in [3.63, 3.8) is 0 Å². The van der Waals surface area contributed by atoms with Crippen molar-refractivity contribution < 1.29 is 9.47 Å². The number of ether oxygens (including phenoxy) is 2. The zero-order valence-electron chi connectivity index (χ0n) is 10.5. The number of hydrogen-bond acceptors (Lipinski definition) is 4. The summed E-state index contributed by atoms with van der Waals surface area (Å²) in [6.07, 6.45) is 1.61. The summed E-state index contributed by atoms with van der Waals surface area (Å²) >= 11 is 4.64. The van der Waals surface area contributed by atoms with Gasteiger partial charge >= 0.3 is 0 Å². The first-order valence-corrected chi connectivity index (χ1v) is 6.06. The molecule has 0 spiro atoms. The Morgan fingerprint density at radius 1 is 1.33 bits per heavy atom. The number of benzene rings is 1. The monoisotopic (exact) mass is 267 g/mol. The van der Waals surface area contributed by atoms with Crippen LogP contribution in [0.4, 0.5) is 0 Å². The number of thiocarbonyl (C=S) groups is 1. The summed E-state index contributed by atoms with van der Waals surface area (Å²) in [6.45, 7) is 5.02. The Morgan fingerprint density at radius 3 is 2.61 bits per heavy atom. The van der Waals surface area contributed by atoms with E-state index in [0.717, 1.165) is 11.3 Å². The standard InChI is InChI=1S/C12H17N3O2S/c1-3-16-10-6-5-9(7-11(10)17-4-2)8-14-15-12(13)18/h5-8H,3-4H2,1-2H3,(H3,13,15,18)/b14-8-. The molecule has 3 N–H and O–H groups in total. The minimum absolute atomic E-state index is 0.127. The number of hydrazone groups is 1. The molecule has 1 aromatic rings. The highest BCUT2D eigenvalue weighted by atomic mass is 32.1. The van der Waals surface area contributed by atoms with Gasteiger partial charge in [-0.05, 0) is 49.8 Å². The molecule has 98 valence electrons. The zero-order chi connectivity index (χ0) is 13.4. The van der Waals surface area contributed by atoms with Gasteiger partial charge in [0.25, 0.3) is 0 Å². The highest BCUT2D eigenvalue weighted by Crippen LogP contribution is 2.27. The largest absolute Gasteiger partial charge is 0.490 e. The van der Waals surface area contributed by atoms with Crippen molar-refractivity contribution in [3.05, 3.63) is 23.8 Å². The second kappa shape index (κ2) is 7.50. The molecule has 0 saturated carbocycles. The molecule has 1 aromatic carbocycles. The molecule has 0 fully saturated rings. The van der Waals surface area contributed by atoms with Gasteiger partial charge < -0.3 is 15.2 Å². The summed E-state index contributed by atoms with van der Waals surface area (Å²) < 4.78 is 11.0. The molecule has 0 amide bonds. The SMILES string of the molecule is CCOc1ccc(/C=N\NC(N)=S)cc1OCC. The molecule has 0 heterocycles. The fourth-order valence-electron chi connectivity index (χ4n) is 1.32. The van der Waals surface area contributed by atoms with Crippen LogP contribution in [0, 0.1) is 0 Å². The van der Waals surface area contributed by atoms with Gasteiger partial charge in [-0.25, -0.2) is 0 Å². The Morgan fingerprint density at radius 2 is 2.00 bits per heavy atom. The maximum atomic E-state index is 5.50. The average molecular weight is 267 g/mol. The van der Waals surface area contributed by atoms with Crippen LogP contribution < -0.4 is 20.6 Å². The lowest BCUT2D eigenvalue weighted by atomic mass is 10.2. The molecule has 18 heavy (non-hydrogen) atoms. The predicted octanol–water partition coefficient (Wildman–Crippen LogP) is 1.65. The van der Waals surface area contributed by atoms with E-state index in [-0.39, 0.29) is 5.11 Å². The van der Waals surface area contributed by atoms with Crippen molar-refractivity contribution in [2.75, 3.05) is 13.2 Å². The van der Waals surface area contributed by atoms with Crippen LogP contribution in [-0.4, -0.2) is 24.5 Å². The van der Waals surface area contributed by atoms with Crippen molar-refractivity contribution in [3.8, 4) is 11.5 Å². The number of nitrogens with two attached hydrogens (primary N) is 1. The molecule has 0 aliphatic rings. The topological polar surface area (TPSA) is 68.9 Å². The third-order valence-electron chi connectivity index (χ3n) is 1.96. The van der Waals surface area contributed by atoms with Crippen LogP contribution in [0.15, 0.2) is 23.3 Å². The number of nitrogens with one attached hydrogen (secondary N) is 1. The maximum Gasteiger partial charge on any atom is 0.184 e. The van der Waals surface area contributed by atoms with Gasteiger partial charge in [0.2, 0.25) is 0 Å². The van der Waals surface area contributed by atoms with Crippen LogP contribution in [0.25, 0.3) is 0 Å². The van der Waals surface area contributed by atoms with Gasteiger partial charge in [0.05, 0.1) is 19.4 Å². The Kier molecular flexibility index (Phi) is 5.93. The third-order valence-corrected chi connectivity index (χ3v) is 2.05. The van der Waals surface area contributed by atoms with Gasteiger partial charge in [-0.3, -0.25) is 5.43 Å². The van der Waals surface area contributed by atoms with Crippen molar-refractivity contribution in [1.82, 2.24) is 5.43 Å². The van der Waals surface area contributed by atoms with Gasteiger partial charge in [0.1, 0.15) is 0 Å². The smallest absolute Gasteiger partial charge is 0.184 e. The summed E-state index contributed by atoms with van der Waals surface area (Å²) in [5, 5.41) is 4.01. The highest BCUT2D eigenvalue weighted by molar-refractivity contribution is 7.80. The van der Waals surface area contributed by atoms with Crippen LogP contribution in [0.2, 0.25) is 0 Å². The third kappa shape index (κ3) is 4.58. The van der Waals surface area contributed by atoms with E-state index in [4.69, 9.17) is 15.2 Å². The Labute approximate surface area is 112 Å². The van der Waals surface area contributed by atoms with E-state index in [1.807, 2.05) is 32.0 Å². The fourth-order valence-corrected chi connectivity index (χ4v) is 1.37. The van der Waals surface area contributed by atoms with E-state index in [2.05, 4.69) is 22.7 Å². The van der Waals surface area contributed by atoms with Crippen LogP contribution in [0.5, 0.6) is 11.5 Å². The van der Waals surface area contributed by atoms with Gasteiger partial charge in [0.15, 0.2) is 16.6 Å². The number of nitrogens with zero attached hydrogens (tertiary/aromatic N) is 1. The quantitative estimate of drug-likeness (QED) is 0.466. The average Bonchev–Trinajstić information content (AvgIpc) is 2.32. The molecule has 0 aliphatic heterocycles. The van der Waals surface area contributed by atoms with Crippen molar-refractivity contribution >= 4 is 23.5 Å². The second-order valence-corrected chi connectivity index (χ2v) is 3.75. The van der Waals surface area contributed by atoms with Crippen LogP contribution in [0.1, 0.15) is 19.4 Å². The molecule has 6 heteroatoms. The maximum absolute atomic E-state index is 5.50.